The van der Waals surface area contributed by atoms with E-state index in [2.05, 4.69) is 0 Å². The molecule has 178 valence electrons. The third-order valence-corrected chi connectivity index (χ3v) is 9.50. The highest BCUT2D eigenvalue weighted by Crippen LogP contribution is 2.27. The minimum absolute atomic E-state index is 0.0296. The van der Waals surface area contributed by atoms with Gasteiger partial charge < -0.3 is 0 Å². The minimum Gasteiger partial charge on any atom is -0.207 e. The lowest BCUT2D eigenvalue weighted by molar-refractivity contribution is 0.441. The number of benzene rings is 3. The molecule has 1 aliphatic rings. The first-order chi connectivity index (χ1) is 16.2. The molecule has 0 unspecified atom stereocenters. The molecule has 1 aliphatic heterocycles. The molecule has 4 rings (SSSR count). The van der Waals surface area contributed by atoms with Crippen LogP contribution in [0.5, 0.6) is 0 Å². The standard InChI is InChI=1S/C25H25FN2O4S2/c1-27(19-20-5-3-2-4-6-20)33(29,30)24-11-13-25(14-12-24)34(31,32)28-17-15-22(16-18-28)21-7-9-23(26)10-8-21/h2-15H,16-19H2,1H3. The van der Waals surface area contributed by atoms with Gasteiger partial charge in [-0.25, -0.2) is 21.2 Å². The lowest BCUT2D eigenvalue weighted by Crippen LogP contribution is -2.34. The molecule has 1 heterocycles. The predicted octanol–water partition coefficient (Wildman–Crippen LogP) is 4.12. The van der Waals surface area contributed by atoms with Gasteiger partial charge in [-0.1, -0.05) is 48.5 Å². The summed E-state index contributed by atoms with van der Waals surface area (Å²) < 4.78 is 67.8. The van der Waals surface area contributed by atoms with Crippen molar-refractivity contribution in [2.75, 3.05) is 20.1 Å². The molecule has 0 atom stereocenters. The third-order valence-electron chi connectivity index (χ3n) is 5.80. The van der Waals surface area contributed by atoms with Crippen molar-refractivity contribution in [3.05, 3.63) is 102 Å². The Balaban J connectivity index is 1.48. The molecular weight excluding hydrogens is 475 g/mol. The first kappa shape index (κ1) is 24.3. The zero-order chi connectivity index (χ0) is 24.3. The van der Waals surface area contributed by atoms with Crippen LogP contribution in [-0.2, 0) is 26.6 Å². The Bertz CT molecular complexity index is 1390. The lowest BCUT2D eigenvalue weighted by Gasteiger charge is -2.26. The van der Waals surface area contributed by atoms with Crippen molar-refractivity contribution in [1.29, 1.82) is 0 Å². The summed E-state index contributed by atoms with van der Waals surface area (Å²) in [4.78, 5) is 0.0674. The summed E-state index contributed by atoms with van der Waals surface area (Å²) in [6.45, 7) is 0.681. The molecule has 3 aromatic carbocycles. The van der Waals surface area contributed by atoms with Gasteiger partial charge in [-0.2, -0.15) is 8.61 Å². The van der Waals surface area contributed by atoms with Crippen LogP contribution in [0.3, 0.4) is 0 Å². The van der Waals surface area contributed by atoms with Gasteiger partial charge in [0.05, 0.1) is 9.79 Å². The van der Waals surface area contributed by atoms with Gasteiger partial charge in [-0.05, 0) is 59.5 Å². The Hall–Kier alpha value is -2.85. The van der Waals surface area contributed by atoms with Gasteiger partial charge in [0.15, 0.2) is 0 Å². The van der Waals surface area contributed by atoms with Crippen molar-refractivity contribution >= 4 is 25.6 Å². The van der Waals surface area contributed by atoms with E-state index in [4.69, 9.17) is 0 Å². The highest BCUT2D eigenvalue weighted by molar-refractivity contribution is 7.89. The van der Waals surface area contributed by atoms with Gasteiger partial charge in [0, 0.05) is 26.7 Å². The van der Waals surface area contributed by atoms with E-state index in [9.17, 15) is 21.2 Å². The highest BCUT2D eigenvalue weighted by Gasteiger charge is 2.28. The van der Waals surface area contributed by atoms with Crippen molar-refractivity contribution < 1.29 is 21.2 Å². The van der Waals surface area contributed by atoms with Crippen molar-refractivity contribution in [1.82, 2.24) is 8.61 Å². The second kappa shape index (κ2) is 9.79. The van der Waals surface area contributed by atoms with E-state index < -0.39 is 20.0 Å². The number of hydrogen-bond acceptors (Lipinski definition) is 4. The molecule has 0 saturated carbocycles. The summed E-state index contributed by atoms with van der Waals surface area (Å²) in [7, 11) is -6.07. The van der Waals surface area contributed by atoms with Gasteiger partial charge in [0.2, 0.25) is 20.0 Å². The number of rotatable bonds is 7. The minimum atomic E-state index is -3.79. The zero-order valence-corrected chi connectivity index (χ0v) is 20.3. The normalized spacial score (nSPS) is 15.3. The Kier molecular flexibility index (Phi) is 6.99. The maximum atomic E-state index is 13.2. The van der Waals surface area contributed by atoms with Crippen LogP contribution < -0.4 is 0 Å². The molecule has 0 spiro atoms. The molecule has 0 aromatic heterocycles. The molecule has 0 saturated heterocycles. The summed E-state index contributed by atoms with van der Waals surface area (Å²) in [5, 5.41) is 0. The number of hydrogen-bond donors (Lipinski definition) is 0. The SMILES string of the molecule is CN(Cc1ccccc1)S(=O)(=O)c1ccc(S(=O)(=O)N2CC=C(c3ccc(F)cc3)CC2)cc1. The first-order valence-corrected chi connectivity index (χ1v) is 13.6. The van der Waals surface area contributed by atoms with Crippen molar-refractivity contribution in [2.24, 2.45) is 0 Å². The number of sulfonamides is 2. The Morgan fingerprint density at radius 2 is 1.47 bits per heavy atom. The van der Waals surface area contributed by atoms with Crippen LogP contribution >= 0.6 is 0 Å². The lowest BCUT2D eigenvalue weighted by atomic mass is 10.0. The van der Waals surface area contributed by atoms with E-state index >= 15 is 0 Å². The van der Waals surface area contributed by atoms with Crippen molar-refractivity contribution in [3.8, 4) is 0 Å². The Morgan fingerprint density at radius 1 is 0.853 bits per heavy atom. The van der Waals surface area contributed by atoms with E-state index in [0.717, 1.165) is 16.7 Å². The van der Waals surface area contributed by atoms with Crippen LogP contribution in [0, 0.1) is 5.82 Å². The average Bonchev–Trinajstić information content (AvgIpc) is 2.85. The summed E-state index contributed by atoms with van der Waals surface area (Å²) in [6.07, 6.45) is 2.33. The van der Waals surface area contributed by atoms with Crippen LogP contribution in [-0.4, -0.2) is 45.6 Å². The average molecular weight is 501 g/mol. The van der Waals surface area contributed by atoms with Gasteiger partial charge in [0.1, 0.15) is 5.82 Å². The van der Waals surface area contributed by atoms with E-state index in [-0.39, 0.29) is 35.2 Å². The van der Waals surface area contributed by atoms with Gasteiger partial charge in [-0.3, -0.25) is 0 Å². The molecule has 0 aliphatic carbocycles. The molecule has 0 radical (unpaired) electrons. The molecule has 0 amide bonds. The third kappa shape index (κ3) is 5.12. The van der Waals surface area contributed by atoms with Gasteiger partial charge in [0.25, 0.3) is 0 Å². The molecule has 6 nitrogen and oxygen atoms in total. The number of halogens is 1. The second-order valence-corrected chi connectivity index (χ2v) is 12.1. The van der Waals surface area contributed by atoms with E-state index in [0.29, 0.717) is 6.42 Å². The van der Waals surface area contributed by atoms with Crippen LogP contribution in [0.4, 0.5) is 4.39 Å². The van der Waals surface area contributed by atoms with Crippen LogP contribution in [0.2, 0.25) is 0 Å². The van der Waals surface area contributed by atoms with Crippen LogP contribution in [0.25, 0.3) is 5.57 Å². The maximum absolute atomic E-state index is 13.2. The van der Waals surface area contributed by atoms with E-state index in [1.807, 2.05) is 36.4 Å². The Labute approximate surface area is 200 Å². The monoisotopic (exact) mass is 500 g/mol. The molecule has 34 heavy (non-hydrogen) atoms. The molecular formula is C25H25FN2O4S2. The summed E-state index contributed by atoms with van der Waals surface area (Å²) in [5.74, 6) is -0.318. The van der Waals surface area contributed by atoms with Crippen molar-refractivity contribution in [2.45, 2.75) is 22.8 Å². The largest absolute Gasteiger partial charge is 0.243 e. The fourth-order valence-electron chi connectivity index (χ4n) is 3.83. The zero-order valence-electron chi connectivity index (χ0n) is 18.6. The molecule has 3 aromatic rings. The Morgan fingerprint density at radius 3 is 2.06 bits per heavy atom. The van der Waals surface area contributed by atoms with Crippen LogP contribution in [0.1, 0.15) is 17.5 Å². The molecule has 0 N–H and O–H groups in total. The van der Waals surface area contributed by atoms with Gasteiger partial charge >= 0.3 is 0 Å². The van der Waals surface area contributed by atoms with Gasteiger partial charge in [-0.15, -0.1) is 0 Å². The molecule has 9 heteroatoms. The smallest absolute Gasteiger partial charge is 0.207 e. The van der Waals surface area contributed by atoms with E-state index in [1.54, 1.807) is 12.1 Å². The fraction of sp³-hybridized carbons (Fsp3) is 0.200. The first-order valence-electron chi connectivity index (χ1n) is 10.7. The molecule has 0 bridgehead atoms. The second-order valence-electron chi connectivity index (χ2n) is 8.07. The molecule has 0 fully saturated rings. The van der Waals surface area contributed by atoms with Crippen molar-refractivity contribution in [3.63, 3.8) is 0 Å². The summed E-state index contributed by atoms with van der Waals surface area (Å²) in [5.41, 5.74) is 2.69. The fourth-order valence-corrected chi connectivity index (χ4v) is 6.37. The maximum Gasteiger partial charge on any atom is 0.243 e. The van der Waals surface area contributed by atoms with E-state index in [1.165, 1.54) is 52.1 Å². The quantitative estimate of drug-likeness (QED) is 0.489. The topological polar surface area (TPSA) is 74.8 Å². The van der Waals surface area contributed by atoms with Crippen LogP contribution in [0.15, 0.2) is 94.7 Å². The number of nitrogens with zero attached hydrogens (tertiary/aromatic N) is 2. The predicted molar refractivity (Wildman–Crippen MR) is 129 cm³/mol. The summed E-state index contributed by atoms with van der Waals surface area (Å²) >= 11 is 0. The summed E-state index contributed by atoms with van der Waals surface area (Å²) in [6, 6.07) is 20.7. The highest BCUT2D eigenvalue weighted by atomic mass is 32.2.